The molecule has 2 aromatic rings. The number of hydrogen-bond donors (Lipinski definition) is 1. The normalized spacial score (nSPS) is 26.3. The van der Waals surface area contributed by atoms with E-state index in [1.165, 1.54) is 0 Å². The average molecular weight is 328 g/mol. The number of aromatic nitrogens is 2. The molecule has 0 radical (unpaired) electrons. The van der Waals surface area contributed by atoms with E-state index < -0.39 is 0 Å². The quantitative estimate of drug-likeness (QED) is 0.941. The molecule has 0 aromatic carbocycles. The zero-order chi connectivity index (χ0) is 15.9. The summed E-state index contributed by atoms with van der Waals surface area (Å²) in [7, 11) is 0. The summed E-state index contributed by atoms with van der Waals surface area (Å²) in [6.07, 6.45) is 6.81. The molecule has 3 heterocycles. The molecule has 120 valence electrons. The van der Waals surface area contributed by atoms with E-state index in [9.17, 15) is 4.79 Å². The van der Waals surface area contributed by atoms with Crippen LogP contribution in [0.15, 0.2) is 29.9 Å². The molecule has 4 rings (SSSR count). The Kier molecular flexibility index (Phi) is 3.56. The molecule has 0 atom stereocenters. The molecule has 1 aliphatic carbocycles. The third kappa shape index (κ3) is 2.72. The standard InChI is InChI=1S/C17H20N4OS/c1-12-3-8-23-14(12)15(22)21-7-4-17(11-21)9-13(10-17)20-16-18-5-2-6-19-16/h2-3,5-6,8,13H,4,7,9-11H2,1H3,(H,18,19,20). The molecule has 2 aromatic heterocycles. The molecule has 0 unspecified atom stereocenters. The third-order valence-electron chi connectivity index (χ3n) is 5.04. The first-order valence-electron chi connectivity index (χ1n) is 8.02. The summed E-state index contributed by atoms with van der Waals surface area (Å²) < 4.78 is 0. The van der Waals surface area contributed by atoms with Gasteiger partial charge < -0.3 is 10.2 Å². The Morgan fingerprint density at radius 3 is 2.87 bits per heavy atom. The average Bonchev–Trinajstić information content (AvgIpc) is 3.14. The van der Waals surface area contributed by atoms with E-state index in [0.29, 0.717) is 17.4 Å². The molecule has 0 bridgehead atoms. The number of amides is 1. The molecule has 1 saturated carbocycles. The van der Waals surface area contributed by atoms with Gasteiger partial charge in [0.2, 0.25) is 5.95 Å². The summed E-state index contributed by atoms with van der Waals surface area (Å²) >= 11 is 1.55. The molecule has 2 fully saturated rings. The number of nitrogens with zero attached hydrogens (tertiary/aromatic N) is 3. The Hall–Kier alpha value is -1.95. The molecule has 6 heteroatoms. The lowest BCUT2D eigenvalue weighted by Crippen LogP contribution is -2.47. The number of hydrogen-bond acceptors (Lipinski definition) is 5. The minimum atomic E-state index is 0.206. The van der Waals surface area contributed by atoms with Crippen molar-refractivity contribution in [1.82, 2.24) is 14.9 Å². The Morgan fingerprint density at radius 2 is 2.17 bits per heavy atom. The number of carbonyl (C=O) groups excluding carboxylic acids is 1. The van der Waals surface area contributed by atoms with E-state index in [1.807, 2.05) is 29.3 Å². The van der Waals surface area contributed by atoms with Crippen molar-refractivity contribution in [3.63, 3.8) is 0 Å². The van der Waals surface area contributed by atoms with Gasteiger partial charge in [-0.25, -0.2) is 9.97 Å². The van der Waals surface area contributed by atoms with Gasteiger partial charge in [0.1, 0.15) is 0 Å². The molecule has 1 amide bonds. The molecule has 2 aliphatic rings. The van der Waals surface area contributed by atoms with Crippen LogP contribution in [-0.2, 0) is 0 Å². The van der Waals surface area contributed by atoms with Crippen LogP contribution in [0.1, 0.15) is 34.5 Å². The maximum atomic E-state index is 12.6. The van der Waals surface area contributed by atoms with Crippen LogP contribution in [0, 0.1) is 12.3 Å². The van der Waals surface area contributed by atoms with E-state index in [4.69, 9.17) is 0 Å². The van der Waals surface area contributed by atoms with E-state index >= 15 is 0 Å². The number of carbonyl (C=O) groups is 1. The zero-order valence-corrected chi connectivity index (χ0v) is 14.0. The van der Waals surface area contributed by atoms with Gasteiger partial charge in [-0.15, -0.1) is 11.3 Å². The van der Waals surface area contributed by atoms with Gasteiger partial charge in [-0.3, -0.25) is 4.79 Å². The lowest BCUT2D eigenvalue weighted by Gasteiger charge is -2.45. The van der Waals surface area contributed by atoms with Crippen molar-refractivity contribution in [1.29, 1.82) is 0 Å². The van der Waals surface area contributed by atoms with Gasteiger partial charge in [0.05, 0.1) is 4.88 Å². The maximum Gasteiger partial charge on any atom is 0.264 e. The fourth-order valence-electron chi connectivity index (χ4n) is 3.82. The van der Waals surface area contributed by atoms with E-state index in [1.54, 1.807) is 23.7 Å². The zero-order valence-electron chi connectivity index (χ0n) is 13.2. The van der Waals surface area contributed by atoms with Crippen LogP contribution in [0.3, 0.4) is 0 Å². The summed E-state index contributed by atoms with van der Waals surface area (Å²) in [5, 5.41) is 5.38. The first-order chi connectivity index (χ1) is 11.2. The number of nitrogens with one attached hydrogen (secondary N) is 1. The highest BCUT2D eigenvalue weighted by atomic mass is 32.1. The largest absolute Gasteiger partial charge is 0.351 e. The van der Waals surface area contributed by atoms with Gasteiger partial charge in [0.25, 0.3) is 5.91 Å². The first-order valence-corrected chi connectivity index (χ1v) is 8.90. The fourth-order valence-corrected chi connectivity index (χ4v) is 4.71. The number of anilines is 1. The SMILES string of the molecule is Cc1ccsc1C(=O)N1CCC2(CC(Nc3ncccn3)C2)C1. The fraction of sp³-hybridized carbons (Fsp3) is 0.471. The van der Waals surface area contributed by atoms with E-state index in [0.717, 1.165) is 42.8 Å². The molecular formula is C17H20N4OS. The van der Waals surface area contributed by atoms with Crippen LogP contribution in [0.5, 0.6) is 0 Å². The van der Waals surface area contributed by atoms with Crippen molar-refractivity contribution in [3.8, 4) is 0 Å². The molecule has 5 nitrogen and oxygen atoms in total. The van der Waals surface area contributed by atoms with Gasteiger partial charge in [0, 0.05) is 31.5 Å². The van der Waals surface area contributed by atoms with Crippen LogP contribution in [0.25, 0.3) is 0 Å². The van der Waals surface area contributed by atoms with Gasteiger partial charge >= 0.3 is 0 Å². The second kappa shape index (κ2) is 5.60. The summed E-state index contributed by atoms with van der Waals surface area (Å²) in [6, 6.07) is 4.27. The van der Waals surface area contributed by atoms with Crippen molar-refractivity contribution in [2.75, 3.05) is 18.4 Å². The highest BCUT2D eigenvalue weighted by Gasteiger charge is 2.49. The van der Waals surface area contributed by atoms with Crippen LogP contribution in [0.2, 0.25) is 0 Å². The van der Waals surface area contributed by atoms with Crippen molar-refractivity contribution in [2.24, 2.45) is 5.41 Å². The van der Waals surface area contributed by atoms with E-state index in [2.05, 4.69) is 15.3 Å². The van der Waals surface area contributed by atoms with Crippen LogP contribution < -0.4 is 5.32 Å². The minimum absolute atomic E-state index is 0.206. The Labute approximate surface area is 139 Å². The summed E-state index contributed by atoms with van der Waals surface area (Å²) in [4.78, 5) is 24.0. The van der Waals surface area contributed by atoms with Crippen LogP contribution in [-0.4, -0.2) is 39.9 Å². The van der Waals surface area contributed by atoms with Gasteiger partial charge in [-0.2, -0.15) is 0 Å². The van der Waals surface area contributed by atoms with Gasteiger partial charge in [0.15, 0.2) is 0 Å². The highest BCUT2D eigenvalue weighted by molar-refractivity contribution is 7.12. The van der Waals surface area contributed by atoms with Crippen molar-refractivity contribution < 1.29 is 4.79 Å². The number of aryl methyl sites for hydroxylation is 1. The molecule has 1 spiro atoms. The monoisotopic (exact) mass is 328 g/mol. The Bertz CT molecular complexity index is 708. The Balaban J connectivity index is 1.35. The van der Waals surface area contributed by atoms with Crippen molar-refractivity contribution in [3.05, 3.63) is 40.3 Å². The molecule has 23 heavy (non-hydrogen) atoms. The first kappa shape index (κ1) is 14.6. The molecule has 1 saturated heterocycles. The second-order valence-electron chi connectivity index (χ2n) is 6.73. The number of likely N-dealkylation sites (tertiary alicyclic amines) is 1. The van der Waals surface area contributed by atoms with Crippen LogP contribution >= 0.6 is 11.3 Å². The predicted octanol–water partition coefficient (Wildman–Crippen LogP) is 2.95. The minimum Gasteiger partial charge on any atom is -0.351 e. The summed E-state index contributed by atoms with van der Waals surface area (Å²) in [5.74, 6) is 0.907. The van der Waals surface area contributed by atoms with Gasteiger partial charge in [-0.1, -0.05) is 0 Å². The molecule has 1 aliphatic heterocycles. The number of thiophene rings is 1. The lowest BCUT2D eigenvalue weighted by atomic mass is 9.65. The van der Waals surface area contributed by atoms with E-state index in [-0.39, 0.29) is 5.91 Å². The van der Waals surface area contributed by atoms with Crippen molar-refractivity contribution >= 4 is 23.2 Å². The number of rotatable bonds is 3. The third-order valence-corrected chi connectivity index (χ3v) is 6.04. The Morgan fingerprint density at radius 1 is 1.39 bits per heavy atom. The topological polar surface area (TPSA) is 58.1 Å². The predicted molar refractivity (Wildman–Crippen MR) is 90.7 cm³/mol. The molecular weight excluding hydrogens is 308 g/mol. The van der Waals surface area contributed by atoms with Crippen molar-refractivity contribution in [2.45, 2.75) is 32.2 Å². The maximum absolute atomic E-state index is 12.6. The highest BCUT2D eigenvalue weighted by Crippen LogP contribution is 2.49. The summed E-state index contributed by atoms with van der Waals surface area (Å²) in [6.45, 7) is 3.78. The molecule has 1 N–H and O–H groups in total. The summed E-state index contributed by atoms with van der Waals surface area (Å²) in [5.41, 5.74) is 1.39. The second-order valence-corrected chi connectivity index (χ2v) is 7.65. The van der Waals surface area contributed by atoms with Crippen LogP contribution in [0.4, 0.5) is 5.95 Å². The lowest BCUT2D eigenvalue weighted by molar-refractivity contribution is 0.0719. The smallest absolute Gasteiger partial charge is 0.264 e. The van der Waals surface area contributed by atoms with Gasteiger partial charge in [-0.05, 0) is 54.7 Å².